The summed E-state index contributed by atoms with van der Waals surface area (Å²) < 4.78 is 31.3. The van der Waals surface area contributed by atoms with Crippen molar-refractivity contribution in [1.29, 1.82) is 0 Å². The second-order valence-corrected chi connectivity index (χ2v) is 4.61. The van der Waals surface area contributed by atoms with Gasteiger partial charge in [-0.25, -0.2) is 13.6 Å². The van der Waals surface area contributed by atoms with Crippen molar-refractivity contribution >= 4 is 11.7 Å². The molecule has 2 aromatic carbocycles. The Morgan fingerprint density at radius 1 is 1.19 bits per heavy atom. The van der Waals surface area contributed by atoms with Crippen LogP contribution >= 0.6 is 0 Å². The zero-order valence-electron chi connectivity index (χ0n) is 11.7. The number of anilines is 1. The van der Waals surface area contributed by atoms with Crippen molar-refractivity contribution in [3.05, 3.63) is 64.7 Å². The van der Waals surface area contributed by atoms with E-state index in [2.05, 4.69) is 10.1 Å². The molecule has 110 valence electrons. The third-order valence-corrected chi connectivity index (χ3v) is 3.14. The van der Waals surface area contributed by atoms with Crippen molar-refractivity contribution in [3.8, 4) is 0 Å². The number of esters is 1. The van der Waals surface area contributed by atoms with Crippen LogP contribution < -0.4 is 5.32 Å². The molecule has 0 amide bonds. The molecule has 0 saturated carbocycles. The van der Waals surface area contributed by atoms with E-state index >= 15 is 0 Å². The predicted octanol–water partition coefficient (Wildman–Crippen LogP) is 3.67. The number of hydrogen-bond donors (Lipinski definition) is 1. The Labute approximate surface area is 121 Å². The van der Waals surface area contributed by atoms with E-state index < -0.39 is 17.6 Å². The summed E-state index contributed by atoms with van der Waals surface area (Å²) >= 11 is 0. The molecule has 5 heteroatoms. The van der Waals surface area contributed by atoms with Crippen molar-refractivity contribution in [2.45, 2.75) is 13.5 Å². The second kappa shape index (κ2) is 6.35. The molecule has 0 atom stereocenters. The number of aryl methyl sites for hydroxylation is 1. The van der Waals surface area contributed by atoms with Crippen LogP contribution in [-0.2, 0) is 11.3 Å². The van der Waals surface area contributed by atoms with Crippen molar-refractivity contribution in [2.24, 2.45) is 0 Å². The monoisotopic (exact) mass is 291 g/mol. The lowest BCUT2D eigenvalue weighted by molar-refractivity contribution is 0.0601. The lowest BCUT2D eigenvalue weighted by Gasteiger charge is -2.11. The molecule has 0 spiro atoms. The Bertz CT molecular complexity index is 671. The fraction of sp³-hybridized carbons (Fsp3) is 0.188. The van der Waals surface area contributed by atoms with E-state index in [4.69, 9.17) is 0 Å². The van der Waals surface area contributed by atoms with Crippen LogP contribution in [0, 0.1) is 18.6 Å². The first kappa shape index (κ1) is 15.0. The topological polar surface area (TPSA) is 38.3 Å². The lowest BCUT2D eigenvalue weighted by Crippen LogP contribution is -2.06. The Hall–Kier alpha value is -2.43. The van der Waals surface area contributed by atoms with Gasteiger partial charge in [0.1, 0.15) is 11.6 Å². The number of benzene rings is 2. The van der Waals surface area contributed by atoms with Gasteiger partial charge in [0.05, 0.1) is 12.7 Å². The van der Waals surface area contributed by atoms with Gasteiger partial charge in [0.2, 0.25) is 0 Å². The molecule has 2 rings (SSSR count). The molecule has 0 aliphatic carbocycles. The van der Waals surface area contributed by atoms with Gasteiger partial charge in [-0.2, -0.15) is 0 Å². The quantitative estimate of drug-likeness (QED) is 0.873. The molecule has 3 nitrogen and oxygen atoms in total. The van der Waals surface area contributed by atoms with Gasteiger partial charge in [-0.15, -0.1) is 0 Å². The number of halogens is 2. The largest absolute Gasteiger partial charge is 0.465 e. The summed E-state index contributed by atoms with van der Waals surface area (Å²) in [6.07, 6.45) is 0. The van der Waals surface area contributed by atoms with Gasteiger partial charge >= 0.3 is 5.97 Å². The van der Waals surface area contributed by atoms with Crippen molar-refractivity contribution in [1.82, 2.24) is 0 Å². The van der Waals surface area contributed by atoms with Crippen LogP contribution in [0.5, 0.6) is 0 Å². The molecule has 0 unspecified atom stereocenters. The average Bonchev–Trinajstić information content (AvgIpc) is 2.48. The first-order valence-corrected chi connectivity index (χ1v) is 6.38. The second-order valence-electron chi connectivity index (χ2n) is 4.61. The highest BCUT2D eigenvalue weighted by Gasteiger charge is 2.09. The van der Waals surface area contributed by atoms with Gasteiger partial charge in [-0.3, -0.25) is 0 Å². The summed E-state index contributed by atoms with van der Waals surface area (Å²) in [5.74, 6) is -1.42. The molecule has 2 aromatic rings. The number of ether oxygens (including phenoxy) is 1. The Kier molecular flexibility index (Phi) is 4.52. The maximum Gasteiger partial charge on any atom is 0.337 e. The maximum atomic E-state index is 13.6. The molecule has 1 N–H and O–H groups in total. The van der Waals surface area contributed by atoms with E-state index in [1.165, 1.54) is 7.11 Å². The SMILES string of the molecule is COC(=O)c1ccc(C)c(NCc2cc(F)ccc2F)c1. The number of rotatable bonds is 4. The summed E-state index contributed by atoms with van der Waals surface area (Å²) in [5.41, 5.74) is 2.17. The molecule has 0 heterocycles. The van der Waals surface area contributed by atoms with Crippen LogP contribution in [-0.4, -0.2) is 13.1 Å². The zero-order valence-corrected chi connectivity index (χ0v) is 11.7. The number of nitrogens with one attached hydrogen (secondary N) is 1. The molecule has 0 radical (unpaired) electrons. The van der Waals surface area contributed by atoms with E-state index in [-0.39, 0.29) is 12.1 Å². The molecule has 0 saturated heterocycles. The molecular formula is C16H15F2NO2. The molecule has 21 heavy (non-hydrogen) atoms. The van der Waals surface area contributed by atoms with E-state index in [0.717, 1.165) is 23.8 Å². The van der Waals surface area contributed by atoms with Crippen molar-refractivity contribution in [2.75, 3.05) is 12.4 Å². The van der Waals surface area contributed by atoms with E-state index in [0.29, 0.717) is 11.3 Å². The summed E-state index contributed by atoms with van der Waals surface area (Å²) in [7, 11) is 1.30. The fourth-order valence-corrected chi connectivity index (χ4v) is 1.93. The predicted molar refractivity (Wildman–Crippen MR) is 76.2 cm³/mol. The molecule has 0 aliphatic rings. The normalized spacial score (nSPS) is 10.3. The Balaban J connectivity index is 2.19. The maximum absolute atomic E-state index is 13.6. The summed E-state index contributed by atoms with van der Waals surface area (Å²) in [6, 6.07) is 8.33. The average molecular weight is 291 g/mol. The highest BCUT2D eigenvalue weighted by atomic mass is 19.1. The first-order valence-electron chi connectivity index (χ1n) is 6.38. The number of carbonyl (C=O) groups is 1. The van der Waals surface area contributed by atoms with Gasteiger partial charge in [0.25, 0.3) is 0 Å². The van der Waals surface area contributed by atoms with Gasteiger partial charge in [0, 0.05) is 17.8 Å². The van der Waals surface area contributed by atoms with Crippen LogP contribution in [0.3, 0.4) is 0 Å². The van der Waals surface area contributed by atoms with Gasteiger partial charge in [-0.05, 0) is 42.8 Å². The molecule has 0 aliphatic heterocycles. The minimum Gasteiger partial charge on any atom is -0.465 e. The third kappa shape index (κ3) is 3.56. The number of methoxy groups -OCH3 is 1. The summed E-state index contributed by atoms with van der Waals surface area (Å²) in [5, 5.41) is 3.00. The van der Waals surface area contributed by atoms with Crippen LogP contribution in [0.2, 0.25) is 0 Å². The summed E-state index contributed by atoms with van der Waals surface area (Å²) in [4.78, 5) is 11.5. The van der Waals surface area contributed by atoms with Crippen molar-refractivity contribution in [3.63, 3.8) is 0 Å². The minimum absolute atomic E-state index is 0.120. The minimum atomic E-state index is -0.492. The highest BCUT2D eigenvalue weighted by Crippen LogP contribution is 2.19. The Morgan fingerprint density at radius 2 is 1.95 bits per heavy atom. The highest BCUT2D eigenvalue weighted by molar-refractivity contribution is 5.90. The van der Waals surface area contributed by atoms with Crippen LogP contribution in [0.1, 0.15) is 21.5 Å². The van der Waals surface area contributed by atoms with Crippen LogP contribution in [0.25, 0.3) is 0 Å². The van der Waals surface area contributed by atoms with Gasteiger partial charge in [0.15, 0.2) is 0 Å². The molecule has 0 aromatic heterocycles. The number of hydrogen-bond acceptors (Lipinski definition) is 3. The van der Waals surface area contributed by atoms with Gasteiger partial charge < -0.3 is 10.1 Å². The molecular weight excluding hydrogens is 276 g/mol. The van der Waals surface area contributed by atoms with Gasteiger partial charge in [-0.1, -0.05) is 6.07 Å². The van der Waals surface area contributed by atoms with Crippen LogP contribution in [0.15, 0.2) is 36.4 Å². The first-order chi connectivity index (χ1) is 10.0. The third-order valence-electron chi connectivity index (χ3n) is 3.14. The summed E-state index contributed by atoms with van der Waals surface area (Å²) in [6.45, 7) is 1.97. The fourth-order valence-electron chi connectivity index (χ4n) is 1.93. The van der Waals surface area contributed by atoms with E-state index in [9.17, 15) is 13.6 Å². The number of carbonyl (C=O) groups excluding carboxylic acids is 1. The standard InChI is InChI=1S/C16H15F2NO2/c1-10-3-4-11(16(20)21-2)8-15(10)19-9-12-7-13(17)5-6-14(12)18/h3-8,19H,9H2,1-2H3. The lowest BCUT2D eigenvalue weighted by atomic mass is 10.1. The Morgan fingerprint density at radius 3 is 2.67 bits per heavy atom. The molecule has 0 bridgehead atoms. The smallest absolute Gasteiger partial charge is 0.337 e. The van der Waals surface area contributed by atoms with E-state index in [1.54, 1.807) is 18.2 Å². The zero-order chi connectivity index (χ0) is 15.4. The van der Waals surface area contributed by atoms with Crippen molar-refractivity contribution < 1.29 is 18.3 Å². The van der Waals surface area contributed by atoms with Crippen LogP contribution in [0.4, 0.5) is 14.5 Å². The molecule has 0 fully saturated rings. The van der Waals surface area contributed by atoms with E-state index in [1.807, 2.05) is 6.92 Å².